The molecule has 0 fully saturated rings. The van der Waals surface area contributed by atoms with Crippen LogP contribution in [-0.4, -0.2) is 39.5 Å². The number of anilines is 1. The smallest absolute Gasteiger partial charge is 0.125 e. The molecule has 0 saturated carbocycles. The summed E-state index contributed by atoms with van der Waals surface area (Å²) < 4.78 is 0. The van der Waals surface area contributed by atoms with Crippen LogP contribution >= 0.6 is 11.3 Å². The molecule has 0 amide bonds. The standard InChI is InChI=1S/C18H17N5OS/c1-11-17(25-18(20-11)12-4-3-8-19-10-12)14-5-6-15-16(21-14)13(22-24)7-9-23(15)2/h3-6,8,10,24H,7,9H2,1-2H3/b22-13+. The molecule has 6 nitrogen and oxygen atoms in total. The van der Waals surface area contributed by atoms with E-state index in [1.165, 1.54) is 0 Å². The van der Waals surface area contributed by atoms with Gasteiger partial charge in [-0.3, -0.25) is 4.98 Å². The third-order valence-corrected chi connectivity index (χ3v) is 5.53. The van der Waals surface area contributed by atoms with E-state index in [0.29, 0.717) is 12.1 Å². The number of fused-ring (bicyclic) bond motifs is 1. The quantitative estimate of drug-likeness (QED) is 0.564. The van der Waals surface area contributed by atoms with Gasteiger partial charge in [-0.15, -0.1) is 11.3 Å². The Bertz CT molecular complexity index is 951. The first kappa shape index (κ1) is 15.7. The zero-order valence-corrected chi connectivity index (χ0v) is 14.8. The van der Waals surface area contributed by atoms with Crippen molar-refractivity contribution in [2.75, 3.05) is 18.5 Å². The molecular formula is C18H17N5OS. The van der Waals surface area contributed by atoms with Crippen LogP contribution in [0.25, 0.3) is 21.1 Å². The van der Waals surface area contributed by atoms with E-state index < -0.39 is 0 Å². The van der Waals surface area contributed by atoms with Gasteiger partial charge in [-0.1, -0.05) is 5.16 Å². The highest BCUT2D eigenvalue weighted by atomic mass is 32.1. The lowest BCUT2D eigenvalue weighted by Gasteiger charge is -2.27. The minimum absolute atomic E-state index is 0.629. The summed E-state index contributed by atoms with van der Waals surface area (Å²) in [6.45, 7) is 2.80. The second kappa shape index (κ2) is 6.25. The third kappa shape index (κ3) is 2.76. The normalized spacial score (nSPS) is 15.4. The van der Waals surface area contributed by atoms with Crippen molar-refractivity contribution in [3.63, 3.8) is 0 Å². The molecule has 1 N–H and O–H groups in total. The van der Waals surface area contributed by atoms with Crippen LogP contribution in [0.2, 0.25) is 0 Å². The van der Waals surface area contributed by atoms with E-state index in [9.17, 15) is 5.21 Å². The Hall–Kier alpha value is -2.80. The second-order valence-electron chi connectivity index (χ2n) is 5.96. The van der Waals surface area contributed by atoms with Gasteiger partial charge in [-0.2, -0.15) is 0 Å². The molecule has 1 aliphatic heterocycles. The van der Waals surface area contributed by atoms with E-state index in [4.69, 9.17) is 4.98 Å². The number of pyridine rings is 2. The first-order chi connectivity index (χ1) is 12.2. The van der Waals surface area contributed by atoms with Crippen LogP contribution in [0, 0.1) is 6.92 Å². The average Bonchev–Trinajstić information content (AvgIpc) is 3.04. The summed E-state index contributed by atoms with van der Waals surface area (Å²) in [5, 5.41) is 13.7. The first-order valence-corrected chi connectivity index (χ1v) is 8.80. The number of thiazole rings is 1. The van der Waals surface area contributed by atoms with Crippen LogP contribution in [0.1, 0.15) is 17.8 Å². The molecule has 0 unspecified atom stereocenters. The molecule has 25 heavy (non-hydrogen) atoms. The number of aromatic nitrogens is 3. The van der Waals surface area contributed by atoms with Crippen molar-refractivity contribution in [2.45, 2.75) is 13.3 Å². The molecule has 1 aliphatic rings. The predicted molar refractivity (Wildman–Crippen MR) is 99.5 cm³/mol. The van der Waals surface area contributed by atoms with Crippen molar-refractivity contribution in [2.24, 2.45) is 5.16 Å². The van der Waals surface area contributed by atoms with E-state index >= 15 is 0 Å². The molecule has 126 valence electrons. The number of aryl methyl sites for hydroxylation is 1. The van der Waals surface area contributed by atoms with Gasteiger partial charge in [0, 0.05) is 38.0 Å². The summed E-state index contributed by atoms with van der Waals surface area (Å²) in [6, 6.07) is 7.94. The van der Waals surface area contributed by atoms with Crippen molar-refractivity contribution in [3.8, 4) is 21.1 Å². The zero-order chi connectivity index (χ0) is 17.4. The Morgan fingerprint density at radius 2 is 2.12 bits per heavy atom. The molecule has 0 saturated heterocycles. The zero-order valence-electron chi connectivity index (χ0n) is 14.0. The van der Waals surface area contributed by atoms with E-state index in [1.54, 1.807) is 17.5 Å². The summed E-state index contributed by atoms with van der Waals surface area (Å²) in [7, 11) is 2.02. The molecule has 0 atom stereocenters. The Morgan fingerprint density at radius 3 is 2.88 bits per heavy atom. The van der Waals surface area contributed by atoms with E-state index in [-0.39, 0.29) is 0 Å². The van der Waals surface area contributed by atoms with Crippen molar-refractivity contribution < 1.29 is 5.21 Å². The topological polar surface area (TPSA) is 74.5 Å². The molecule has 7 heteroatoms. The number of oxime groups is 1. The Kier molecular flexibility index (Phi) is 3.93. The molecule has 0 aromatic carbocycles. The molecule has 3 aromatic heterocycles. The van der Waals surface area contributed by atoms with Crippen LogP contribution in [0.5, 0.6) is 0 Å². The monoisotopic (exact) mass is 351 g/mol. The molecule has 4 rings (SSSR count). The van der Waals surface area contributed by atoms with E-state index in [1.807, 2.05) is 44.4 Å². The minimum Gasteiger partial charge on any atom is -0.411 e. The molecule has 0 radical (unpaired) electrons. The van der Waals surface area contributed by atoms with E-state index in [0.717, 1.165) is 44.8 Å². The summed E-state index contributed by atoms with van der Waals surface area (Å²) in [5.41, 5.74) is 5.13. The fraction of sp³-hybridized carbons (Fsp3) is 0.222. The maximum atomic E-state index is 9.31. The molecule has 0 aliphatic carbocycles. The average molecular weight is 351 g/mol. The maximum absolute atomic E-state index is 9.31. The first-order valence-electron chi connectivity index (χ1n) is 7.99. The fourth-order valence-corrected chi connectivity index (χ4v) is 3.98. The van der Waals surface area contributed by atoms with Gasteiger partial charge in [0.2, 0.25) is 0 Å². The molecular weight excluding hydrogens is 334 g/mol. The molecule has 4 heterocycles. The van der Waals surface area contributed by atoms with Gasteiger partial charge in [-0.05, 0) is 31.2 Å². The van der Waals surface area contributed by atoms with Crippen LogP contribution in [0.15, 0.2) is 41.8 Å². The van der Waals surface area contributed by atoms with Crippen LogP contribution in [-0.2, 0) is 0 Å². The van der Waals surface area contributed by atoms with Gasteiger partial charge < -0.3 is 10.1 Å². The third-order valence-electron chi connectivity index (χ3n) is 4.30. The summed E-state index contributed by atoms with van der Waals surface area (Å²) in [6.07, 6.45) is 4.25. The Morgan fingerprint density at radius 1 is 1.24 bits per heavy atom. The summed E-state index contributed by atoms with van der Waals surface area (Å²) in [5.74, 6) is 0. The molecule has 0 spiro atoms. The Balaban J connectivity index is 1.80. The maximum Gasteiger partial charge on any atom is 0.125 e. The lowest BCUT2D eigenvalue weighted by atomic mass is 10.0. The van der Waals surface area contributed by atoms with Crippen LogP contribution in [0.4, 0.5) is 5.69 Å². The number of hydrogen-bond donors (Lipinski definition) is 1. The lowest BCUT2D eigenvalue weighted by Crippen LogP contribution is -2.29. The molecule has 0 bridgehead atoms. The SMILES string of the molecule is Cc1nc(-c2cccnc2)sc1-c1ccc2c(n1)/C(=N/O)CCN2C. The second-order valence-corrected chi connectivity index (χ2v) is 6.96. The largest absolute Gasteiger partial charge is 0.411 e. The van der Waals surface area contributed by atoms with Crippen molar-refractivity contribution in [3.05, 3.63) is 48.0 Å². The fourth-order valence-electron chi connectivity index (χ4n) is 2.96. The number of hydrogen-bond acceptors (Lipinski definition) is 7. The van der Waals surface area contributed by atoms with Gasteiger partial charge in [-0.25, -0.2) is 9.97 Å². The van der Waals surface area contributed by atoms with Crippen LogP contribution in [0.3, 0.4) is 0 Å². The Labute approximate surface area is 149 Å². The van der Waals surface area contributed by atoms with E-state index in [2.05, 4.69) is 20.0 Å². The highest BCUT2D eigenvalue weighted by Gasteiger charge is 2.23. The predicted octanol–water partition coefficient (Wildman–Crippen LogP) is 3.59. The number of nitrogens with zero attached hydrogens (tertiary/aromatic N) is 5. The minimum atomic E-state index is 0.629. The van der Waals surface area contributed by atoms with Gasteiger partial charge >= 0.3 is 0 Å². The lowest BCUT2D eigenvalue weighted by molar-refractivity contribution is 0.317. The van der Waals surface area contributed by atoms with Crippen molar-refractivity contribution >= 4 is 22.7 Å². The van der Waals surface area contributed by atoms with Crippen molar-refractivity contribution in [1.29, 1.82) is 0 Å². The van der Waals surface area contributed by atoms with Gasteiger partial charge in [0.05, 0.1) is 22.0 Å². The van der Waals surface area contributed by atoms with Gasteiger partial charge in [0.25, 0.3) is 0 Å². The van der Waals surface area contributed by atoms with Gasteiger partial charge in [0.1, 0.15) is 16.4 Å². The summed E-state index contributed by atoms with van der Waals surface area (Å²) in [4.78, 5) is 16.8. The number of rotatable bonds is 2. The highest BCUT2D eigenvalue weighted by molar-refractivity contribution is 7.18. The molecule has 3 aromatic rings. The highest BCUT2D eigenvalue weighted by Crippen LogP contribution is 2.36. The van der Waals surface area contributed by atoms with Crippen molar-refractivity contribution in [1.82, 2.24) is 15.0 Å². The summed E-state index contributed by atoms with van der Waals surface area (Å²) >= 11 is 1.60. The van der Waals surface area contributed by atoms with Gasteiger partial charge in [0.15, 0.2) is 0 Å². The van der Waals surface area contributed by atoms with Crippen LogP contribution < -0.4 is 4.90 Å².